The quantitative estimate of drug-likeness (QED) is 0.215. The highest BCUT2D eigenvalue weighted by molar-refractivity contribution is 5.94. The topological polar surface area (TPSA) is 193 Å². The van der Waals surface area contributed by atoms with Gasteiger partial charge in [-0.1, -0.05) is 50.2 Å². The molecule has 2 aromatic carbocycles. The molecule has 0 fully saturated rings. The number of hydrogen-bond donors (Lipinski definition) is 4. The van der Waals surface area contributed by atoms with Gasteiger partial charge in [-0.15, -0.1) is 0 Å². The molecule has 2 bridgehead atoms. The number of carbonyl (C=O) groups excluding carboxylic acids is 2. The van der Waals surface area contributed by atoms with Crippen molar-refractivity contribution in [3.05, 3.63) is 78.6 Å². The minimum atomic E-state index is -0.435. The van der Waals surface area contributed by atoms with Crippen LogP contribution in [0.25, 0.3) is 22.6 Å². The Hall–Kier alpha value is -5.86. The Balaban J connectivity index is 0.00000134. The highest BCUT2D eigenvalue weighted by Gasteiger charge is 2.27. The van der Waals surface area contributed by atoms with Crippen molar-refractivity contribution in [2.75, 3.05) is 31.1 Å². The Morgan fingerprint density at radius 3 is 2.59 bits per heavy atom. The Morgan fingerprint density at radius 2 is 1.80 bits per heavy atom. The molecule has 2 amide bonds. The van der Waals surface area contributed by atoms with Gasteiger partial charge in [0.05, 0.1) is 25.5 Å². The van der Waals surface area contributed by atoms with Crippen LogP contribution < -0.4 is 20.3 Å². The van der Waals surface area contributed by atoms with Crippen LogP contribution in [-0.4, -0.2) is 84.3 Å². The largest absolute Gasteiger partial charge is 0.492 e. The molecule has 1 aliphatic heterocycles. The number of fused-ring (bicyclic) bond motifs is 4. The Bertz CT molecular complexity index is 1790. The van der Waals surface area contributed by atoms with Gasteiger partial charge in [-0.3, -0.25) is 14.4 Å². The van der Waals surface area contributed by atoms with E-state index in [0.29, 0.717) is 53.0 Å². The lowest BCUT2D eigenvalue weighted by molar-refractivity contribution is -0.123. The maximum atomic E-state index is 13.7. The maximum Gasteiger partial charge on any atom is 0.290 e. The van der Waals surface area contributed by atoms with Gasteiger partial charge in [0.25, 0.3) is 12.4 Å². The minimum Gasteiger partial charge on any atom is -0.492 e. The van der Waals surface area contributed by atoms with Crippen LogP contribution in [-0.2, 0) is 16.1 Å². The number of H-pyrrole nitrogens is 1. The summed E-state index contributed by atoms with van der Waals surface area (Å²) in [7, 11) is 0. The number of carboxylic acid groups (broad SMARTS) is 1. The van der Waals surface area contributed by atoms with Crippen molar-refractivity contribution in [3.8, 4) is 17.1 Å². The van der Waals surface area contributed by atoms with Gasteiger partial charge in [0, 0.05) is 24.2 Å². The number of anilines is 1. The first-order chi connectivity index (χ1) is 22.4. The van der Waals surface area contributed by atoms with E-state index in [2.05, 4.69) is 30.6 Å². The number of nitrogens with one attached hydrogen (secondary N) is 3. The van der Waals surface area contributed by atoms with Crippen molar-refractivity contribution in [1.82, 2.24) is 45.3 Å². The number of rotatable bonds is 3. The Morgan fingerprint density at radius 1 is 1.02 bits per heavy atom. The Kier molecular flexibility index (Phi) is 10.1. The van der Waals surface area contributed by atoms with E-state index in [1.54, 1.807) is 27.8 Å². The number of benzene rings is 2. The second-order valence-corrected chi connectivity index (χ2v) is 10.6. The molecule has 4 heterocycles. The van der Waals surface area contributed by atoms with Crippen LogP contribution in [0.5, 0.6) is 5.75 Å². The van der Waals surface area contributed by atoms with Gasteiger partial charge >= 0.3 is 0 Å². The van der Waals surface area contributed by atoms with Gasteiger partial charge in [0.15, 0.2) is 23.1 Å². The average molecular weight is 627 g/mol. The molecule has 3 aromatic heterocycles. The van der Waals surface area contributed by atoms with E-state index < -0.39 is 6.04 Å². The first-order valence-corrected chi connectivity index (χ1v) is 14.7. The summed E-state index contributed by atoms with van der Waals surface area (Å²) in [5.74, 6) is 1.79. The molecule has 1 atom stereocenters. The van der Waals surface area contributed by atoms with E-state index >= 15 is 0 Å². The van der Waals surface area contributed by atoms with E-state index in [1.165, 1.54) is 12.7 Å². The lowest BCUT2D eigenvalue weighted by Crippen LogP contribution is -2.44. The van der Waals surface area contributed by atoms with E-state index in [4.69, 9.17) is 24.7 Å². The number of carbonyl (C=O) groups is 3. The minimum absolute atomic E-state index is 0.00121. The van der Waals surface area contributed by atoms with E-state index in [0.717, 1.165) is 5.56 Å². The van der Waals surface area contributed by atoms with E-state index in [1.807, 2.05) is 50.2 Å². The third-order valence-electron chi connectivity index (χ3n) is 7.17. The molecule has 0 saturated heterocycles. The van der Waals surface area contributed by atoms with Crippen molar-refractivity contribution in [3.63, 3.8) is 0 Å². The molecule has 4 N–H and O–H groups in total. The normalized spacial score (nSPS) is 15.9. The number of nitrogens with zero attached hydrogens (tertiary/aromatic N) is 7. The fraction of sp³-hybridized carbons (Fsp3) is 0.290. The van der Waals surface area contributed by atoms with Gasteiger partial charge < -0.3 is 30.4 Å². The van der Waals surface area contributed by atoms with Crippen molar-refractivity contribution in [1.29, 1.82) is 0 Å². The number of ether oxygens (including phenoxy) is 1. The molecule has 0 spiro atoms. The smallest absolute Gasteiger partial charge is 0.290 e. The standard InChI is InChI=1S/C30H32N10O3.CH2O2/c1-19(2)24-29-37-26(20-7-4-3-5-8-20)38-40(29)13-14-43-22-10-6-9-21(15-22)30(42)31-11-12-39(16-23(41)36-24)28-25-27(33-17-32-25)34-18-35-28;2-1-3/h3-10,15,17-19,24H,11-14,16H2,1-2H3,(H,31,42)(H,36,41)(H,32,33,34,35);1H,(H,2,3)/t24-;/m0./s1. The molecular formula is C31H34N10O5. The number of aromatic nitrogens is 7. The summed E-state index contributed by atoms with van der Waals surface area (Å²) in [5, 5.41) is 17.8. The molecule has 5 aromatic rings. The molecule has 0 saturated carbocycles. The third kappa shape index (κ3) is 7.43. The van der Waals surface area contributed by atoms with Crippen LogP contribution in [0.15, 0.2) is 67.3 Å². The van der Waals surface area contributed by atoms with Gasteiger partial charge in [0.1, 0.15) is 24.2 Å². The molecule has 15 nitrogen and oxygen atoms in total. The third-order valence-corrected chi connectivity index (χ3v) is 7.17. The van der Waals surface area contributed by atoms with Gasteiger partial charge in [-0.2, -0.15) is 5.10 Å². The van der Waals surface area contributed by atoms with Crippen molar-refractivity contribution < 1.29 is 24.2 Å². The predicted molar refractivity (Wildman–Crippen MR) is 168 cm³/mol. The summed E-state index contributed by atoms with van der Waals surface area (Å²) in [5.41, 5.74) is 2.43. The number of hydrogen-bond acceptors (Lipinski definition) is 10. The SMILES string of the molecule is CC(C)[C@@H]1NC(=O)CN(c2ncnc3nc[nH]c23)CCNC(=O)c2cccc(c2)OCCn2nc(-c3ccccc3)nc21.O=CO. The van der Waals surface area contributed by atoms with Crippen molar-refractivity contribution in [2.24, 2.45) is 5.92 Å². The average Bonchev–Trinajstić information content (AvgIpc) is 3.71. The Labute approximate surface area is 264 Å². The molecule has 238 valence electrons. The second-order valence-electron chi connectivity index (χ2n) is 10.6. The molecule has 46 heavy (non-hydrogen) atoms. The monoisotopic (exact) mass is 626 g/mol. The first-order valence-electron chi connectivity index (χ1n) is 14.7. The molecule has 6 rings (SSSR count). The summed E-state index contributed by atoms with van der Waals surface area (Å²) < 4.78 is 7.82. The van der Waals surface area contributed by atoms with Crippen LogP contribution in [0.4, 0.5) is 5.82 Å². The second kappa shape index (κ2) is 14.7. The summed E-state index contributed by atoms with van der Waals surface area (Å²) in [6, 6.07) is 16.3. The maximum absolute atomic E-state index is 13.7. The molecule has 1 aliphatic rings. The van der Waals surface area contributed by atoms with Gasteiger partial charge in [-0.05, 0) is 24.1 Å². The summed E-state index contributed by atoms with van der Waals surface area (Å²) in [6.45, 7) is 5.03. The van der Waals surface area contributed by atoms with Gasteiger partial charge in [-0.25, -0.2) is 24.6 Å². The van der Waals surface area contributed by atoms with Crippen LogP contribution in [0, 0.1) is 5.92 Å². The summed E-state index contributed by atoms with van der Waals surface area (Å²) in [6.07, 6.45) is 2.94. The van der Waals surface area contributed by atoms with Crippen LogP contribution in [0.3, 0.4) is 0 Å². The predicted octanol–water partition coefficient (Wildman–Crippen LogP) is 2.45. The zero-order valence-electron chi connectivity index (χ0n) is 25.3. The van der Waals surface area contributed by atoms with E-state index in [9.17, 15) is 9.59 Å². The highest BCUT2D eigenvalue weighted by Crippen LogP contribution is 2.25. The first kappa shape index (κ1) is 31.6. The zero-order valence-corrected chi connectivity index (χ0v) is 25.3. The van der Waals surface area contributed by atoms with Crippen molar-refractivity contribution in [2.45, 2.75) is 26.4 Å². The molecule has 0 radical (unpaired) electrons. The van der Waals surface area contributed by atoms with E-state index in [-0.39, 0.29) is 43.9 Å². The lowest BCUT2D eigenvalue weighted by atomic mass is 10.0. The molecule has 0 unspecified atom stereocenters. The van der Waals surface area contributed by atoms with Crippen LogP contribution >= 0.6 is 0 Å². The molecular weight excluding hydrogens is 592 g/mol. The fourth-order valence-corrected chi connectivity index (χ4v) is 5.02. The molecule has 0 aliphatic carbocycles. The zero-order chi connectivity index (χ0) is 32.5. The van der Waals surface area contributed by atoms with Crippen LogP contribution in [0.1, 0.15) is 36.1 Å². The molecule has 15 heteroatoms. The summed E-state index contributed by atoms with van der Waals surface area (Å²) in [4.78, 5) is 57.7. The highest BCUT2D eigenvalue weighted by atomic mass is 16.5. The van der Waals surface area contributed by atoms with Crippen LogP contribution in [0.2, 0.25) is 0 Å². The summed E-state index contributed by atoms with van der Waals surface area (Å²) >= 11 is 0. The number of imidazole rings is 1. The van der Waals surface area contributed by atoms with Gasteiger partial charge in [0.2, 0.25) is 5.91 Å². The lowest BCUT2D eigenvalue weighted by Gasteiger charge is -2.26. The number of amides is 2. The fourth-order valence-electron chi connectivity index (χ4n) is 5.02. The number of aromatic amines is 1. The van der Waals surface area contributed by atoms with Crippen molar-refractivity contribution >= 4 is 35.3 Å².